The van der Waals surface area contributed by atoms with Crippen molar-refractivity contribution in [3.8, 4) is 17.0 Å². The van der Waals surface area contributed by atoms with E-state index in [9.17, 15) is 9.90 Å². The molecule has 29 heavy (non-hydrogen) atoms. The van der Waals surface area contributed by atoms with E-state index >= 15 is 0 Å². The zero-order chi connectivity index (χ0) is 20.2. The SMILES string of the molecule is CCc1ccc(-c2cc(C(=O)N/N=C\c3c(O)ccc4ccccc34)[nH]n2)cc1. The molecule has 0 saturated heterocycles. The maximum absolute atomic E-state index is 12.4. The highest BCUT2D eigenvalue weighted by molar-refractivity contribution is 6.03. The van der Waals surface area contributed by atoms with Crippen molar-refractivity contribution in [2.45, 2.75) is 13.3 Å². The molecule has 3 aromatic carbocycles. The van der Waals surface area contributed by atoms with Crippen LogP contribution >= 0.6 is 0 Å². The molecule has 0 aliphatic rings. The van der Waals surface area contributed by atoms with Crippen LogP contribution in [-0.2, 0) is 6.42 Å². The molecule has 6 nitrogen and oxygen atoms in total. The fourth-order valence-electron chi connectivity index (χ4n) is 3.13. The Labute approximate surface area is 167 Å². The number of phenols is 1. The van der Waals surface area contributed by atoms with Crippen LogP contribution in [0.15, 0.2) is 71.8 Å². The van der Waals surface area contributed by atoms with Crippen molar-refractivity contribution in [2.24, 2.45) is 5.10 Å². The Bertz CT molecular complexity index is 1190. The third kappa shape index (κ3) is 3.87. The zero-order valence-electron chi connectivity index (χ0n) is 15.9. The number of H-pyrrole nitrogens is 1. The Morgan fingerprint density at radius 3 is 2.72 bits per heavy atom. The molecule has 0 fully saturated rings. The normalized spacial score (nSPS) is 11.2. The van der Waals surface area contributed by atoms with E-state index in [1.807, 2.05) is 54.6 Å². The first-order valence-corrected chi connectivity index (χ1v) is 9.34. The number of aryl methyl sites for hydroxylation is 1. The Kier molecular flexibility index (Phi) is 5.07. The number of hydrogen-bond acceptors (Lipinski definition) is 4. The summed E-state index contributed by atoms with van der Waals surface area (Å²) in [6.45, 7) is 2.10. The fourth-order valence-corrected chi connectivity index (χ4v) is 3.13. The number of amides is 1. The van der Waals surface area contributed by atoms with E-state index in [2.05, 4.69) is 27.6 Å². The van der Waals surface area contributed by atoms with Gasteiger partial charge in [-0.3, -0.25) is 9.89 Å². The quantitative estimate of drug-likeness (QED) is 0.355. The lowest BCUT2D eigenvalue weighted by Crippen LogP contribution is -2.18. The number of hydrazone groups is 1. The molecular weight excluding hydrogens is 364 g/mol. The molecule has 0 saturated carbocycles. The van der Waals surface area contributed by atoms with E-state index in [0.717, 1.165) is 22.8 Å². The zero-order valence-corrected chi connectivity index (χ0v) is 15.9. The summed E-state index contributed by atoms with van der Waals surface area (Å²) in [5, 5.41) is 22.9. The topological polar surface area (TPSA) is 90.4 Å². The van der Waals surface area contributed by atoms with Gasteiger partial charge in [-0.05, 0) is 34.9 Å². The second kappa shape index (κ2) is 7.98. The van der Waals surface area contributed by atoms with Crippen LogP contribution in [-0.4, -0.2) is 27.4 Å². The minimum absolute atomic E-state index is 0.0982. The second-order valence-corrected chi connectivity index (χ2v) is 6.64. The van der Waals surface area contributed by atoms with Crippen LogP contribution in [0.1, 0.15) is 28.5 Å². The van der Waals surface area contributed by atoms with Gasteiger partial charge in [-0.1, -0.05) is 61.5 Å². The average Bonchev–Trinajstić information content (AvgIpc) is 3.26. The molecule has 4 aromatic rings. The molecule has 0 spiro atoms. The highest BCUT2D eigenvalue weighted by Gasteiger charge is 2.11. The molecule has 0 radical (unpaired) electrons. The monoisotopic (exact) mass is 384 g/mol. The van der Waals surface area contributed by atoms with E-state index in [-0.39, 0.29) is 5.75 Å². The van der Waals surface area contributed by atoms with Gasteiger partial charge < -0.3 is 5.11 Å². The van der Waals surface area contributed by atoms with Crippen molar-refractivity contribution in [2.75, 3.05) is 0 Å². The van der Waals surface area contributed by atoms with Crippen LogP contribution in [0, 0.1) is 0 Å². The number of phenolic OH excluding ortho intramolecular Hbond substituents is 1. The van der Waals surface area contributed by atoms with E-state index in [1.54, 1.807) is 12.1 Å². The van der Waals surface area contributed by atoms with Crippen molar-refractivity contribution in [1.29, 1.82) is 0 Å². The standard InChI is InChI=1S/C23H20N4O2/c1-2-15-7-9-17(10-8-15)20-13-21(26-25-20)23(29)27-24-14-19-18-6-4-3-5-16(18)11-12-22(19)28/h3-14,28H,2H2,1H3,(H,25,26)(H,27,29)/b24-14-. The van der Waals surface area contributed by atoms with Crippen molar-refractivity contribution in [3.63, 3.8) is 0 Å². The minimum atomic E-state index is -0.412. The van der Waals surface area contributed by atoms with Crippen LogP contribution in [0.3, 0.4) is 0 Å². The summed E-state index contributed by atoms with van der Waals surface area (Å²) < 4.78 is 0. The number of nitrogens with zero attached hydrogens (tertiary/aromatic N) is 2. The molecule has 4 rings (SSSR count). The van der Waals surface area contributed by atoms with Crippen LogP contribution < -0.4 is 5.43 Å². The third-order valence-electron chi connectivity index (χ3n) is 4.79. The van der Waals surface area contributed by atoms with Crippen molar-refractivity contribution >= 4 is 22.9 Å². The Morgan fingerprint density at radius 1 is 1.14 bits per heavy atom. The molecule has 0 aliphatic carbocycles. The van der Waals surface area contributed by atoms with Gasteiger partial charge in [-0.15, -0.1) is 0 Å². The molecule has 1 amide bonds. The average molecular weight is 384 g/mol. The summed E-state index contributed by atoms with van der Waals surface area (Å²) in [5.41, 5.74) is 6.19. The van der Waals surface area contributed by atoms with E-state index in [4.69, 9.17) is 0 Å². The maximum atomic E-state index is 12.4. The minimum Gasteiger partial charge on any atom is -0.507 e. The van der Waals surface area contributed by atoms with Gasteiger partial charge in [0.25, 0.3) is 5.91 Å². The highest BCUT2D eigenvalue weighted by atomic mass is 16.3. The lowest BCUT2D eigenvalue weighted by Gasteiger charge is -2.04. The van der Waals surface area contributed by atoms with Gasteiger partial charge in [0.05, 0.1) is 11.9 Å². The van der Waals surface area contributed by atoms with Crippen LogP contribution in [0.2, 0.25) is 0 Å². The lowest BCUT2D eigenvalue weighted by molar-refractivity contribution is 0.0950. The molecule has 0 atom stereocenters. The molecule has 6 heteroatoms. The Hall–Kier alpha value is -3.93. The van der Waals surface area contributed by atoms with Crippen molar-refractivity contribution < 1.29 is 9.90 Å². The molecule has 144 valence electrons. The smallest absolute Gasteiger partial charge is 0.289 e. The number of rotatable bonds is 5. The van der Waals surface area contributed by atoms with Crippen molar-refractivity contribution in [1.82, 2.24) is 15.6 Å². The van der Waals surface area contributed by atoms with Gasteiger partial charge in [0, 0.05) is 11.1 Å². The summed E-state index contributed by atoms with van der Waals surface area (Å²) >= 11 is 0. The number of carbonyl (C=O) groups excluding carboxylic acids is 1. The number of aromatic hydroxyl groups is 1. The second-order valence-electron chi connectivity index (χ2n) is 6.64. The summed E-state index contributed by atoms with van der Waals surface area (Å²) in [6, 6.07) is 20.8. The summed E-state index contributed by atoms with van der Waals surface area (Å²) in [7, 11) is 0. The van der Waals surface area contributed by atoms with E-state index in [1.165, 1.54) is 11.8 Å². The van der Waals surface area contributed by atoms with Crippen LogP contribution in [0.4, 0.5) is 0 Å². The third-order valence-corrected chi connectivity index (χ3v) is 4.79. The fraction of sp³-hybridized carbons (Fsp3) is 0.0870. The van der Waals surface area contributed by atoms with E-state index < -0.39 is 5.91 Å². The number of hydrogen-bond donors (Lipinski definition) is 3. The van der Waals surface area contributed by atoms with Gasteiger partial charge in [0.15, 0.2) is 0 Å². The number of benzene rings is 3. The number of carbonyl (C=O) groups is 1. The maximum Gasteiger partial charge on any atom is 0.289 e. The highest BCUT2D eigenvalue weighted by Crippen LogP contribution is 2.25. The van der Waals surface area contributed by atoms with E-state index in [0.29, 0.717) is 17.0 Å². The largest absolute Gasteiger partial charge is 0.507 e. The molecule has 1 heterocycles. The van der Waals surface area contributed by atoms with Gasteiger partial charge in [0.2, 0.25) is 0 Å². The first kappa shape index (κ1) is 18.4. The molecule has 1 aromatic heterocycles. The van der Waals surface area contributed by atoms with Gasteiger partial charge in [0.1, 0.15) is 11.4 Å². The first-order chi connectivity index (χ1) is 14.2. The van der Waals surface area contributed by atoms with Gasteiger partial charge in [-0.2, -0.15) is 10.2 Å². The lowest BCUT2D eigenvalue weighted by atomic mass is 10.0. The predicted molar refractivity (Wildman–Crippen MR) is 114 cm³/mol. The summed E-state index contributed by atoms with van der Waals surface area (Å²) in [5.74, 6) is -0.314. The molecular formula is C23H20N4O2. The summed E-state index contributed by atoms with van der Waals surface area (Å²) in [6.07, 6.45) is 2.41. The summed E-state index contributed by atoms with van der Waals surface area (Å²) in [4.78, 5) is 12.4. The van der Waals surface area contributed by atoms with Crippen molar-refractivity contribution in [3.05, 3.63) is 83.6 Å². The molecule has 0 bridgehead atoms. The number of aromatic nitrogens is 2. The number of nitrogens with one attached hydrogen (secondary N) is 2. The molecule has 3 N–H and O–H groups in total. The molecule has 0 unspecified atom stereocenters. The number of aromatic amines is 1. The first-order valence-electron chi connectivity index (χ1n) is 9.34. The van der Waals surface area contributed by atoms with Gasteiger partial charge >= 0.3 is 0 Å². The Morgan fingerprint density at radius 2 is 1.93 bits per heavy atom. The van der Waals surface area contributed by atoms with Crippen LogP contribution in [0.25, 0.3) is 22.0 Å². The number of fused-ring (bicyclic) bond motifs is 1. The van der Waals surface area contributed by atoms with Crippen LogP contribution in [0.5, 0.6) is 5.75 Å². The molecule has 0 aliphatic heterocycles. The predicted octanol–water partition coefficient (Wildman–Crippen LogP) is 4.26. The van der Waals surface area contributed by atoms with Gasteiger partial charge in [-0.25, -0.2) is 5.43 Å². The Balaban J connectivity index is 1.49.